The van der Waals surface area contributed by atoms with Gasteiger partial charge in [0.05, 0.1) is 0 Å². The maximum absolute atomic E-state index is 10.4. The Bertz CT molecular complexity index is 285. The normalized spacial score (nSPS) is 12.4. The van der Waals surface area contributed by atoms with Crippen molar-refractivity contribution < 1.29 is 9.90 Å². The molecule has 0 aliphatic rings. The zero-order chi connectivity index (χ0) is 10.4. The number of hydrogen-bond acceptors (Lipinski definition) is 1. The minimum atomic E-state index is -0.694. The SMILES string of the molecule is C[C@@H](CCC(=O)O)[Se]c1ccccc1. The van der Waals surface area contributed by atoms with Crippen molar-refractivity contribution in [3.8, 4) is 0 Å². The van der Waals surface area contributed by atoms with Crippen LogP contribution in [-0.4, -0.2) is 26.0 Å². The minimum absolute atomic E-state index is 0.287. The molecule has 1 N–H and O–H groups in total. The molecule has 1 aromatic carbocycles. The van der Waals surface area contributed by atoms with Crippen LogP contribution in [0.2, 0.25) is 4.82 Å². The molecule has 0 spiro atoms. The zero-order valence-electron chi connectivity index (χ0n) is 8.14. The Labute approximate surface area is 90.5 Å². The second-order valence-electron chi connectivity index (χ2n) is 3.17. The van der Waals surface area contributed by atoms with Gasteiger partial charge in [-0.1, -0.05) is 0 Å². The molecule has 1 aromatic rings. The monoisotopic (exact) mass is 258 g/mol. The first-order valence-electron chi connectivity index (χ1n) is 4.62. The third-order valence-electron chi connectivity index (χ3n) is 1.85. The molecule has 1 atom stereocenters. The fourth-order valence-corrected chi connectivity index (χ4v) is 3.25. The second kappa shape index (κ2) is 5.84. The Kier molecular flexibility index (Phi) is 4.71. The summed E-state index contributed by atoms with van der Waals surface area (Å²) in [5, 5.41) is 8.54. The van der Waals surface area contributed by atoms with Gasteiger partial charge in [-0.3, -0.25) is 0 Å². The predicted octanol–water partition coefficient (Wildman–Crippen LogP) is 1.69. The molecule has 0 saturated heterocycles. The Morgan fingerprint density at radius 1 is 1.43 bits per heavy atom. The van der Waals surface area contributed by atoms with Crippen molar-refractivity contribution in [3.63, 3.8) is 0 Å². The summed E-state index contributed by atoms with van der Waals surface area (Å²) in [4.78, 5) is 10.9. The number of carbonyl (C=O) groups is 1. The first-order valence-corrected chi connectivity index (χ1v) is 6.46. The van der Waals surface area contributed by atoms with Gasteiger partial charge in [-0.2, -0.15) is 0 Å². The van der Waals surface area contributed by atoms with Gasteiger partial charge in [-0.15, -0.1) is 0 Å². The van der Waals surface area contributed by atoms with Gasteiger partial charge in [0.1, 0.15) is 0 Å². The van der Waals surface area contributed by atoms with Crippen molar-refractivity contribution in [1.29, 1.82) is 0 Å². The van der Waals surface area contributed by atoms with E-state index in [1.165, 1.54) is 4.46 Å². The molecule has 3 heteroatoms. The van der Waals surface area contributed by atoms with E-state index in [1.54, 1.807) is 0 Å². The van der Waals surface area contributed by atoms with E-state index < -0.39 is 5.97 Å². The summed E-state index contributed by atoms with van der Waals surface area (Å²) in [6, 6.07) is 10.3. The van der Waals surface area contributed by atoms with E-state index in [0.29, 0.717) is 19.8 Å². The van der Waals surface area contributed by atoms with Crippen LogP contribution in [-0.2, 0) is 4.79 Å². The molecule has 0 unspecified atom stereocenters. The Morgan fingerprint density at radius 2 is 2.07 bits per heavy atom. The summed E-state index contributed by atoms with van der Waals surface area (Å²) in [5.41, 5.74) is 0. The van der Waals surface area contributed by atoms with Gasteiger partial charge in [0, 0.05) is 0 Å². The molecule has 1 rings (SSSR count). The van der Waals surface area contributed by atoms with Crippen LogP contribution in [0.5, 0.6) is 0 Å². The Morgan fingerprint density at radius 3 is 2.64 bits per heavy atom. The summed E-state index contributed by atoms with van der Waals surface area (Å²) in [6.45, 7) is 2.12. The topological polar surface area (TPSA) is 37.3 Å². The van der Waals surface area contributed by atoms with Crippen LogP contribution in [0.15, 0.2) is 30.3 Å². The summed E-state index contributed by atoms with van der Waals surface area (Å²) < 4.78 is 1.35. The number of carboxylic acids is 1. The molecular weight excluding hydrogens is 243 g/mol. The van der Waals surface area contributed by atoms with Gasteiger partial charge in [0.15, 0.2) is 0 Å². The van der Waals surface area contributed by atoms with Crippen LogP contribution in [0.4, 0.5) is 0 Å². The van der Waals surface area contributed by atoms with Gasteiger partial charge in [0.2, 0.25) is 0 Å². The van der Waals surface area contributed by atoms with Crippen LogP contribution < -0.4 is 4.46 Å². The van der Waals surface area contributed by atoms with Crippen LogP contribution in [0.25, 0.3) is 0 Å². The molecule has 0 bridgehead atoms. The quantitative estimate of drug-likeness (QED) is 0.815. The van der Waals surface area contributed by atoms with Crippen LogP contribution in [0.1, 0.15) is 19.8 Å². The third-order valence-corrected chi connectivity index (χ3v) is 4.33. The third kappa shape index (κ3) is 4.45. The zero-order valence-corrected chi connectivity index (χ0v) is 9.86. The summed E-state index contributed by atoms with van der Waals surface area (Å²) in [6.07, 6.45) is 1.07. The molecule has 0 saturated carbocycles. The van der Waals surface area contributed by atoms with Gasteiger partial charge in [-0.05, 0) is 0 Å². The average molecular weight is 257 g/mol. The molecule has 2 nitrogen and oxygen atoms in total. The fourth-order valence-electron chi connectivity index (χ4n) is 1.12. The molecular formula is C11H14O2Se. The van der Waals surface area contributed by atoms with Crippen molar-refractivity contribution in [2.75, 3.05) is 0 Å². The molecule has 76 valence electrons. The molecule has 0 radical (unpaired) electrons. The van der Waals surface area contributed by atoms with Crippen molar-refractivity contribution >= 4 is 25.4 Å². The molecule has 0 aliphatic carbocycles. The van der Waals surface area contributed by atoms with Crippen LogP contribution >= 0.6 is 0 Å². The van der Waals surface area contributed by atoms with Gasteiger partial charge in [0.25, 0.3) is 0 Å². The number of hydrogen-bond donors (Lipinski definition) is 1. The van der Waals surface area contributed by atoms with Crippen molar-refractivity contribution in [3.05, 3.63) is 30.3 Å². The van der Waals surface area contributed by atoms with Gasteiger partial charge in [-0.25, -0.2) is 0 Å². The molecule has 0 fully saturated rings. The standard InChI is InChI=1S/C11H14O2Se/c1-9(7-8-11(12)13)14-10-5-3-2-4-6-10/h2-6,9H,7-8H2,1H3,(H,12,13)/t9-/m0/s1. The average Bonchev–Trinajstić information content (AvgIpc) is 2.16. The van der Waals surface area contributed by atoms with Crippen LogP contribution in [0, 0.1) is 0 Å². The van der Waals surface area contributed by atoms with Crippen molar-refractivity contribution in [1.82, 2.24) is 0 Å². The van der Waals surface area contributed by atoms with Gasteiger partial charge < -0.3 is 0 Å². The second-order valence-corrected chi connectivity index (χ2v) is 6.35. The molecule has 0 aromatic heterocycles. The van der Waals surface area contributed by atoms with E-state index in [2.05, 4.69) is 19.1 Å². The first kappa shape index (κ1) is 11.3. The van der Waals surface area contributed by atoms with E-state index in [-0.39, 0.29) is 6.42 Å². The number of aliphatic carboxylic acids is 1. The summed E-state index contributed by atoms with van der Waals surface area (Å²) in [5.74, 6) is -0.694. The van der Waals surface area contributed by atoms with E-state index in [4.69, 9.17) is 5.11 Å². The fraction of sp³-hybridized carbons (Fsp3) is 0.364. The summed E-state index contributed by atoms with van der Waals surface area (Å²) >= 11 is 0.400. The van der Waals surface area contributed by atoms with E-state index in [0.717, 1.165) is 6.42 Å². The molecule has 14 heavy (non-hydrogen) atoms. The predicted molar refractivity (Wildman–Crippen MR) is 58.1 cm³/mol. The van der Waals surface area contributed by atoms with E-state index in [1.807, 2.05) is 18.2 Å². The maximum atomic E-state index is 10.4. The Balaban J connectivity index is 2.34. The van der Waals surface area contributed by atoms with Crippen molar-refractivity contribution in [2.24, 2.45) is 0 Å². The molecule has 0 aliphatic heterocycles. The summed E-state index contributed by atoms with van der Waals surface area (Å²) in [7, 11) is 0. The van der Waals surface area contributed by atoms with E-state index in [9.17, 15) is 4.79 Å². The number of benzene rings is 1. The van der Waals surface area contributed by atoms with Gasteiger partial charge >= 0.3 is 90.2 Å². The number of rotatable bonds is 5. The van der Waals surface area contributed by atoms with E-state index >= 15 is 0 Å². The Hall–Kier alpha value is -0.791. The van der Waals surface area contributed by atoms with Crippen LogP contribution in [0.3, 0.4) is 0 Å². The number of carboxylic acid groups (broad SMARTS) is 1. The molecule has 0 heterocycles. The molecule has 0 amide bonds. The van der Waals surface area contributed by atoms with Crippen molar-refractivity contribution in [2.45, 2.75) is 24.6 Å². The first-order chi connectivity index (χ1) is 6.68.